The highest BCUT2D eigenvalue weighted by Gasteiger charge is 2.12. The Morgan fingerprint density at radius 2 is 1.64 bits per heavy atom. The Balaban J connectivity index is 1.21. The molecule has 0 aliphatic carbocycles. The number of rotatable bonds is 9. The zero-order valence-corrected chi connectivity index (χ0v) is 20.2. The van der Waals surface area contributed by atoms with Crippen molar-refractivity contribution in [2.45, 2.75) is 12.8 Å². The molecule has 0 saturated carbocycles. The summed E-state index contributed by atoms with van der Waals surface area (Å²) < 4.78 is 10.6. The van der Waals surface area contributed by atoms with Gasteiger partial charge in [-0.1, -0.05) is 24.3 Å². The Morgan fingerprint density at radius 3 is 2.39 bits per heavy atom. The molecular formula is C28H27N5O3. The van der Waals surface area contributed by atoms with Gasteiger partial charge in [-0.25, -0.2) is 0 Å². The lowest BCUT2D eigenvalue weighted by Gasteiger charge is -2.08. The van der Waals surface area contributed by atoms with E-state index >= 15 is 0 Å². The van der Waals surface area contributed by atoms with Crippen molar-refractivity contribution < 1.29 is 14.3 Å². The van der Waals surface area contributed by atoms with Gasteiger partial charge in [0.05, 0.1) is 43.3 Å². The van der Waals surface area contributed by atoms with Crippen molar-refractivity contribution in [1.29, 1.82) is 0 Å². The van der Waals surface area contributed by atoms with Crippen LogP contribution in [0.15, 0.2) is 72.9 Å². The monoisotopic (exact) mass is 481 g/mol. The lowest BCUT2D eigenvalue weighted by molar-refractivity contribution is -0.120. The zero-order chi connectivity index (χ0) is 24.9. The molecule has 5 aromatic rings. The Morgan fingerprint density at radius 1 is 0.917 bits per heavy atom. The molecule has 3 N–H and O–H groups in total. The molecule has 36 heavy (non-hydrogen) atoms. The van der Waals surface area contributed by atoms with Gasteiger partial charge in [-0.3, -0.25) is 14.9 Å². The molecule has 0 aliphatic rings. The van der Waals surface area contributed by atoms with Gasteiger partial charge in [0.25, 0.3) is 0 Å². The number of ether oxygens (including phenoxy) is 2. The number of pyridine rings is 1. The number of aromatic nitrogens is 3. The molecule has 0 radical (unpaired) electrons. The fraction of sp³-hybridized carbons (Fsp3) is 0.179. The number of benzene rings is 3. The van der Waals surface area contributed by atoms with E-state index in [1.54, 1.807) is 20.4 Å². The van der Waals surface area contributed by atoms with Crippen LogP contribution in [0.25, 0.3) is 21.8 Å². The largest absolute Gasteiger partial charge is 0.497 e. The van der Waals surface area contributed by atoms with Gasteiger partial charge in [0.15, 0.2) is 5.82 Å². The van der Waals surface area contributed by atoms with Gasteiger partial charge in [0.2, 0.25) is 5.91 Å². The first-order chi connectivity index (χ1) is 17.6. The maximum absolute atomic E-state index is 12.4. The molecule has 0 aliphatic heterocycles. The molecule has 0 bridgehead atoms. The van der Waals surface area contributed by atoms with E-state index < -0.39 is 0 Å². The average molecular weight is 482 g/mol. The predicted molar refractivity (Wildman–Crippen MR) is 141 cm³/mol. The number of hydrogen-bond donors (Lipinski definition) is 3. The highest BCUT2D eigenvalue weighted by Crippen LogP contribution is 2.32. The molecule has 1 amide bonds. The molecular weight excluding hydrogens is 454 g/mol. The van der Waals surface area contributed by atoms with Crippen LogP contribution in [0.4, 0.5) is 11.5 Å². The number of anilines is 2. The quantitative estimate of drug-likeness (QED) is 0.280. The first-order valence-electron chi connectivity index (χ1n) is 11.7. The summed E-state index contributed by atoms with van der Waals surface area (Å²) in [7, 11) is 3.29. The molecule has 8 nitrogen and oxygen atoms in total. The SMILES string of the molecule is COc1ccc(CCNC(=O)Cc2ccc(Nc3n[nH]c4cnc5ccc(OC)cc5c34)cc2)cc1. The molecule has 3 aromatic carbocycles. The summed E-state index contributed by atoms with van der Waals surface area (Å²) in [6.45, 7) is 0.588. The lowest BCUT2D eigenvalue weighted by atomic mass is 10.1. The second kappa shape index (κ2) is 10.4. The maximum atomic E-state index is 12.4. The van der Waals surface area contributed by atoms with Crippen molar-refractivity contribution >= 4 is 39.2 Å². The minimum atomic E-state index is -0.00423. The van der Waals surface area contributed by atoms with E-state index in [1.807, 2.05) is 66.7 Å². The van der Waals surface area contributed by atoms with Gasteiger partial charge in [-0.05, 0) is 60.0 Å². The fourth-order valence-corrected chi connectivity index (χ4v) is 4.13. The number of hydrogen-bond acceptors (Lipinski definition) is 6. The third kappa shape index (κ3) is 5.07. The van der Waals surface area contributed by atoms with E-state index in [4.69, 9.17) is 9.47 Å². The molecule has 0 fully saturated rings. The van der Waals surface area contributed by atoms with Crippen LogP contribution in [-0.2, 0) is 17.6 Å². The Bertz CT molecular complexity index is 1490. The van der Waals surface area contributed by atoms with Crippen LogP contribution in [0.3, 0.4) is 0 Å². The van der Waals surface area contributed by atoms with Gasteiger partial charge >= 0.3 is 0 Å². The van der Waals surface area contributed by atoms with Gasteiger partial charge in [-0.2, -0.15) is 5.10 Å². The summed E-state index contributed by atoms with van der Waals surface area (Å²) in [5.41, 5.74) is 4.66. The van der Waals surface area contributed by atoms with Crippen molar-refractivity contribution in [3.63, 3.8) is 0 Å². The van der Waals surface area contributed by atoms with E-state index in [1.165, 1.54) is 0 Å². The normalized spacial score (nSPS) is 10.9. The van der Waals surface area contributed by atoms with Crippen LogP contribution in [-0.4, -0.2) is 41.9 Å². The number of fused-ring (bicyclic) bond motifs is 3. The number of methoxy groups -OCH3 is 2. The van der Waals surface area contributed by atoms with Gasteiger partial charge in [-0.15, -0.1) is 0 Å². The summed E-state index contributed by atoms with van der Waals surface area (Å²) in [6, 6.07) is 21.4. The van der Waals surface area contributed by atoms with Crippen LogP contribution < -0.4 is 20.1 Å². The molecule has 2 heterocycles. The van der Waals surface area contributed by atoms with Crippen LogP contribution in [0.1, 0.15) is 11.1 Å². The van der Waals surface area contributed by atoms with Crippen LogP contribution in [0, 0.1) is 0 Å². The van der Waals surface area contributed by atoms with E-state index in [-0.39, 0.29) is 5.91 Å². The number of H-pyrrole nitrogens is 1. The first kappa shape index (κ1) is 23.2. The van der Waals surface area contributed by atoms with E-state index in [0.717, 1.165) is 56.5 Å². The Labute approximate surface area is 208 Å². The summed E-state index contributed by atoms with van der Waals surface area (Å²) in [5.74, 6) is 2.28. The summed E-state index contributed by atoms with van der Waals surface area (Å²) >= 11 is 0. The van der Waals surface area contributed by atoms with Gasteiger partial charge in [0.1, 0.15) is 11.5 Å². The zero-order valence-electron chi connectivity index (χ0n) is 20.2. The first-order valence-corrected chi connectivity index (χ1v) is 11.7. The fourth-order valence-electron chi connectivity index (χ4n) is 4.13. The highest BCUT2D eigenvalue weighted by atomic mass is 16.5. The number of amides is 1. The number of nitrogens with zero attached hydrogens (tertiary/aromatic N) is 2. The van der Waals surface area contributed by atoms with Crippen LogP contribution in [0.5, 0.6) is 11.5 Å². The summed E-state index contributed by atoms with van der Waals surface area (Å²) in [5, 5.41) is 15.7. The van der Waals surface area contributed by atoms with E-state index in [0.29, 0.717) is 18.8 Å². The third-order valence-electron chi connectivity index (χ3n) is 6.08. The standard InChI is InChI=1S/C28H27N5O3/c1-35-21-9-5-18(6-10-21)13-14-29-26(34)15-19-3-7-20(8-4-19)31-28-27-23-16-22(36-2)11-12-24(23)30-17-25(27)32-33-28/h3-12,16-17H,13-15H2,1-2H3,(H,29,34)(H2,31,32,33). The maximum Gasteiger partial charge on any atom is 0.224 e. The summed E-state index contributed by atoms with van der Waals surface area (Å²) in [6.07, 6.45) is 2.87. The second-order valence-electron chi connectivity index (χ2n) is 8.45. The second-order valence-corrected chi connectivity index (χ2v) is 8.45. The lowest BCUT2D eigenvalue weighted by Crippen LogP contribution is -2.27. The molecule has 0 atom stereocenters. The van der Waals surface area contributed by atoms with Gasteiger partial charge in [0, 0.05) is 17.6 Å². The van der Waals surface area contributed by atoms with Gasteiger partial charge < -0.3 is 20.1 Å². The predicted octanol–water partition coefficient (Wildman–Crippen LogP) is 4.77. The molecule has 5 rings (SSSR count). The third-order valence-corrected chi connectivity index (χ3v) is 6.08. The number of aromatic amines is 1. The number of carbonyl (C=O) groups is 1. The molecule has 182 valence electrons. The molecule has 0 spiro atoms. The number of carbonyl (C=O) groups excluding carboxylic acids is 1. The van der Waals surface area contributed by atoms with Crippen molar-refractivity contribution in [3.8, 4) is 11.5 Å². The highest BCUT2D eigenvalue weighted by molar-refractivity contribution is 6.10. The Kier molecular flexibility index (Phi) is 6.66. The van der Waals surface area contributed by atoms with Crippen molar-refractivity contribution in [1.82, 2.24) is 20.5 Å². The van der Waals surface area contributed by atoms with E-state index in [9.17, 15) is 4.79 Å². The minimum absolute atomic E-state index is 0.00423. The molecule has 0 unspecified atom stereocenters. The van der Waals surface area contributed by atoms with E-state index in [2.05, 4.69) is 25.8 Å². The number of nitrogens with one attached hydrogen (secondary N) is 3. The molecule has 0 saturated heterocycles. The topological polar surface area (TPSA) is 101 Å². The molecule has 2 aromatic heterocycles. The van der Waals surface area contributed by atoms with Crippen molar-refractivity contribution in [3.05, 3.63) is 84.1 Å². The molecule has 8 heteroatoms. The Hall–Kier alpha value is -4.59. The minimum Gasteiger partial charge on any atom is -0.497 e. The van der Waals surface area contributed by atoms with Crippen LogP contribution in [0.2, 0.25) is 0 Å². The van der Waals surface area contributed by atoms with Crippen LogP contribution >= 0.6 is 0 Å². The average Bonchev–Trinajstić information content (AvgIpc) is 3.33. The van der Waals surface area contributed by atoms with Crippen molar-refractivity contribution in [2.75, 3.05) is 26.1 Å². The van der Waals surface area contributed by atoms with Crippen molar-refractivity contribution in [2.24, 2.45) is 0 Å². The smallest absolute Gasteiger partial charge is 0.224 e. The summed E-state index contributed by atoms with van der Waals surface area (Å²) in [4.78, 5) is 16.9.